The summed E-state index contributed by atoms with van der Waals surface area (Å²) in [6, 6.07) is 10.6. The summed E-state index contributed by atoms with van der Waals surface area (Å²) in [4.78, 5) is 14.6. The Kier molecular flexibility index (Phi) is 7.44. The largest absolute Gasteiger partial charge is 0.466 e. The first-order valence-corrected chi connectivity index (χ1v) is 8.76. The van der Waals surface area contributed by atoms with E-state index in [4.69, 9.17) is 4.74 Å². The topological polar surface area (TPSA) is 29.5 Å². The van der Waals surface area contributed by atoms with Crippen LogP contribution in [0.5, 0.6) is 0 Å². The Morgan fingerprint density at radius 1 is 1.14 bits per heavy atom. The Labute approximate surface area is 134 Å². The van der Waals surface area contributed by atoms with Crippen molar-refractivity contribution in [3.05, 3.63) is 35.9 Å². The van der Waals surface area contributed by atoms with Gasteiger partial charge in [0.05, 0.1) is 13.0 Å². The molecule has 1 saturated heterocycles. The molecule has 1 aliphatic rings. The molecule has 0 aromatic heterocycles. The zero-order chi connectivity index (χ0) is 15.6. The molecule has 0 bridgehead atoms. The molecule has 1 fully saturated rings. The summed E-state index contributed by atoms with van der Waals surface area (Å²) in [5.41, 5.74) is 1.23. The van der Waals surface area contributed by atoms with Crippen molar-refractivity contribution in [2.45, 2.75) is 57.9 Å². The third kappa shape index (κ3) is 5.45. The van der Waals surface area contributed by atoms with Gasteiger partial charge in [0.1, 0.15) is 0 Å². The first-order chi connectivity index (χ1) is 10.8. The van der Waals surface area contributed by atoms with E-state index in [0.717, 1.165) is 32.4 Å². The average Bonchev–Trinajstić information content (AvgIpc) is 2.58. The minimum atomic E-state index is -0.0597. The fourth-order valence-corrected chi connectivity index (χ4v) is 3.12. The second-order valence-corrected chi connectivity index (χ2v) is 6.15. The summed E-state index contributed by atoms with van der Waals surface area (Å²) in [6.45, 7) is 4.89. The number of esters is 1. The lowest BCUT2D eigenvalue weighted by Crippen LogP contribution is -2.35. The first-order valence-electron chi connectivity index (χ1n) is 8.76. The normalized spacial score (nSPS) is 17.1. The molecule has 2 rings (SSSR count). The van der Waals surface area contributed by atoms with Gasteiger partial charge >= 0.3 is 5.97 Å². The third-order valence-corrected chi connectivity index (χ3v) is 4.39. The van der Waals surface area contributed by atoms with Gasteiger partial charge in [-0.2, -0.15) is 0 Å². The van der Waals surface area contributed by atoms with Gasteiger partial charge in [0.15, 0.2) is 0 Å². The molecular formula is C19H29NO2. The molecule has 3 nitrogen and oxygen atoms in total. The summed E-state index contributed by atoms with van der Waals surface area (Å²) in [5.74, 6) is -0.0597. The molecule has 0 N–H and O–H groups in total. The van der Waals surface area contributed by atoms with Crippen molar-refractivity contribution in [1.29, 1.82) is 0 Å². The molecule has 1 aromatic rings. The predicted molar refractivity (Wildman–Crippen MR) is 89.7 cm³/mol. The fourth-order valence-electron chi connectivity index (χ4n) is 3.12. The van der Waals surface area contributed by atoms with E-state index in [0.29, 0.717) is 13.0 Å². The first kappa shape index (κ1) is 17.0. The average molecular weight is 303 g/mol. The smallest absolute Gasteiger partial charge is 0.307 e. The van der Waals surface area contributed by atoms with Crippen molar-refractivity contribution >= 4 is 5.97 Å². The number of hydrogen-bond donors (Lipinski definition) is 0. The lowest BCUT2D eigenvalue weighted by Gasteiger charge is -2.34. The van der Waals surface area contributed by atoms with E-state index in [1.807, 2.05) is 6.07 Å². The Bertz CT molecular complexity index is 426. The van der Waals surface area contributed by atoms with E-state index in [1.54, 1.807) is 0 Å². The maximum atomic E-state index is 12.2. The van der Waals surface area contributed by atoms with E-state index >= 15 is 0 Å². The van der Waals surface area contributed by atoms with Crippen LogP contribution in [-0.2, 0) is 9.53 Å². The summed E-state index contributed by atoms with van der Waals surface area (Å²) in [6.07, 6.45) is 7.49. The monoisotopic (exact) mass is 303 g/mol. The summed E-state index contributed by atoms with van der Waals surface area (Å²) >= 11 is 0. The third-order valence-electron chi connectivity index (χ3n) is 4.39. The number of benzene rings is 1. The van der Waals surface area contributed by atoms with Gasteiger partial charge in [0, 0.05) is 6.04 Å². The molecule has 0 radical (unpaired) electrons. The maximum absolute atomic E-state index is 12.2. The molecule has 0 unspecified atom stereocenters. The van der Waals surface area contributed by atoms with Crippen LogP contribution >= 0.6 is 0 Å². The van der Waals surface area contributed by atoms with Crippen molar-refractivity contribution in [3.63, 3.8) is 0 Å². The molecule has 0 spiro atoms. The number of carbonyl (C=O) groups is 1. The van der Waals surface area contributed by atoms with Crippen LogP contribution in [0.4, 0.5) is 0 Å². The van der Waals surface area contributed by atoms with Crippen LogP contribution in [0.15, 0.2) is 30.3 Å². The van der Waals surface area contributed by atoms with E-state index in [1.165, 1.54) is 24.8 Å². The number of rotatable bonds is 8. The molecule has 1 aromatic carbocycles. The maximum Gasteiger partial charge on any atom is 0.307 e. The number of carbonyl (C=O) groups excluding carboxylic acids is 1. The summed E-state index contributed by atoms with van der Waals surface area (Å²) in [5, 5.41) is 0. The molecule has 22 heavy (non-hydrogen) atoms. The quantitative estimate of drug-likeness (QED) is 0.528. The minimum Gasteiger partial charge on any atom is -0.466 e. The number of ether oxygens (including phenoxy) is 1. The number of piperidine rings is 1. The second kappa shape index (κ2) is 9.62. The lowest BCUT2D eigenvalue weighted by molar-refractivity contribution is -0.145. The summed E-state index contributed by atoms with van der Waals surface area (Å²) < 4.78 is 5.42. The Balaban J connectivity index is 1.94. The van der Waals surface area contributed by atoms with Gasteiger partial charge in [0.2, 0.25) is 0 Å². The van der Waals surface area contributed by atoms with E-state index in [-0.39, 0.29) is 12.0 Å². The summed E-state index contributed by atoms with van der Waals surface area (Å²) in [7, 11) is 0. The zero-order valence-electron chi connectivity index (χ0n) is 13.8. The van der Waals surface area contributed by atoms with Crippen molar-refractivity contribution in [1.82, 2.24) is 4.90 Å². The molecule has 1 atom stereocenters. The van der Waals surface area contributed by atoms with Gasteiger partial charge in [-0.05, 0) is 37.9 Å². The van der Waals surface area contributed by atoms with Gasteiger partial charge in [0.25, 0.3) is 0 Å². The van der Waals surface area contributed by atoms with Crippen LogP contribution in [0.2, 0.25) is 0 Å². The highest BCUT2D eigenvalue weighted by Gasteiger charge is 2.25. The van der Waals surface area contributed by atoms with Crippen LogP contribution in [0.1, 0.15) is 63.5 Å². The van der Waals surface area contributed by atoms with E-state index < -0.39 is 0 Å². The standard InChI is InChI=1S/C19H29NO2/c1-2-3-10-15-22-19(21)16-18(17-11-6-4-7-12-17)20-13-8-5-9-14-20/h4,6-7,11-12,18H,2-3,5,8-10,13-16H2,1H3/t18-/m0/s1. The highest BCUT2D eigenvalue weighted by Crippen LogP contribution is 2.27. The number of nitrogens with zero attached hydrogens (tertiary/aromatic N) is 1. The van der Waals surface area contributed by atoms with Crippen LogP contribution in [0.3, 0.4) is 0 Å². The predicted octanol–water partition coefficient (Wildman–Crippen LogP) is 4.34. The van der Waals surface area contributed by atoms with Crippen LogP contribution < -0.4 is 0 Å². The number of unbranched alkanes of at least 4 members (excludes halogenated alkanes) is 2. The number of likely N-dealkylation sites (tertiary alicyclic amines) is 1. The van der Waals surface area contributed by atoms with Gasteiger partial charge in [-0.3, -0.25) is 9.69 Å². The highest BCUT2D eigenvalue weighted by atomic mass is 16.5. The van der Waals surface area contributed by atoms with Gasteiger partial charge in [-0.25, -0.2) is 0 Å². The van der Waals surface area contributed by atoms with Gasteiger partial charge in [-0.15, -0.1) is 0 Å². The molecule has 3 heteroatoms. The lowest BCUT2D eigenvalue weighted by atomic mass is 9.99. The molecule has 0 amide bonds. The van der Waals surface area contributed by atoms with Crippen LogP contribution in [0, 0.1) is 0 Å². The molecule has 1 heterocycles. The minimum absolute atomic E-state index is 0.0597. The van der Waals surface area contributed by atoms with E-state index in [9.17, 15) is 4.79 Å². The Morgan fingerprint density at radius 2 is 1.86 bits per heavy atom. The molecule has 122 valence electrons. The van der Waals surface area contributed by atoms with Crippen molar-refractivity contribution in [2.75, 3.05) is 19.7 Å². The van der Waals surface area contributed by atoms with E-state index in [2.05, 4.69) is 36.1 Å². The van der Waals surface area contributed by atoms with Crippen molar-refractivity contribution in [3.8, 4) is 0 Å². The zero-order valence-corrected chi connectivity index (χ0v) is 13.8. The van der Waals surface area contributed by atoms with Crippen molar-refractivity contribution in [2.24, 2.45) is 0 Å². The molecular weight excluding hydrogens is 274 g/mol. The highest BCUT2D eigenvalue weighted by molar-refractivity contribution is 5.70. The number of hydrogen-bond acceptors (Lipinski definition) is 3. The van der Waals surface area contributed by atoms with Crippen LogP contribution in [0.25, 0.3) is 0 Å². The Morgan fingerprint density at radius 3 is 2.55 bits per heavy atom. The Hall–Kier alpha value is -1.35. The second-order valence-electron chi connectivity index (χ2n) is 6.15. The van der Waals surface area contributed by atoms with Crippen LogP contribution in [-0.4, -0.2) is 30.6 Å². The molecule has 0 saturated carbocycles. The fraction of sp³-hybridized carbons (Fsp3) is 0.632. The van der Waals surface area contributed by atoms with Gasteiger partial charge < -0.3 is 4.74 Å². The van der Waals surface area contributed by atoms with Gasteiger partial charge in [-0.1, -0.05) is 56.5 Å². The van der Waals surface area contributed by atoms with Crippen molar-refractivity contribution < 1.29 is 9.53 Å². The SMILES string of the molecule is CCCCCOC(=O)C[C@@H](c1ccccc1)N1CCCCC1. The molecule has 1 aliphatic heterocycles. The molecule has 0 aliphatic carbocycles.